The van der Waals surface area contributed by atoms with Crippen LogP contribution in [0.2, 0.25) is 0 Å². The molecule has 0 saturated heterocycles. The van der Waals surface area contributed by atoms with E-state index < -0.39 is 29.7 Å². The van der Waals surface area contributed by atoms with Gasteiger partial charge in [0, 0.05) is 18.5 Å². The lowest BCUT2D eigenvalue weighted by molar-refractivity contribution is -0.165. The average molecular weight is 460 g/mol. The summed E-state index contributed by atoms with van der Waals surface area (Å²) in [6, 6.07) is 3.98. The van der Waals surface area contributed by atoms with Crippen molar-refractivity contribution in [3.8, 4) is 11.5 Å². The Balaban J connectivity index is 1.64. The number of carbonyl (C=O) groups is 2. The number of ether oxygens (including phenoxy) is 4. The number of methoxy groups -OCH3 is 1. The normalized spacial score (nSPS) is 26.8. The molecule has 4 rings (SSSR count). The molecule has 0 aromatic heterocycles. The molecule has 0 fully saturated rings. The summed E-state index contributed by atoms with van der Waals surface area (Å²) in [6.45, 7) is 1.61. The highest BCUT2D eigenvalue weighted by Gasteiger charge is 2.46. The van der Waals surface area contributed by atoms with Gasteiger partial charge in [-0.3, -0.25) is 4.79 Å². The zero-order valence-electron chi connectivity index (χ0n) is 19.3. The number of carbonyl (C=O) groups excluding carboxylic acids is 2. The van der Waals surface area contributed by atoms with Crippen LogP contribution in [0.1, 0.15) is 56.6 Å². The summed E-state index contributed by atoms with van der Waals surface area (Å²) in [4.78, 5) is 24.4. The van der Waals surface area contributed by atoms with Crippen LogP contribution in [0.4, 0.5) is 0 Å². The number of rotatable bonds is 6. The van der Waals surface area contributed by atoms with Gasteiger partial charge in [-0.25, -0.2) is 4.79 Å². The summed E-state index contributed by atoms with van der Waals surface area (Å²) in [5.41, 5.74) is 6.68. The Morgan fingerprint density at radius 1 is 1.33 bits per heavy atom. The highest BCUT2D eigenvalue weighted by molar-refractivity contribution is 5.79. The first-order chi connectivity index (χ1) is 15.8. The highest BCUT2D eigenvalue weighted by atomic mass is 16.6. The van der Waals surface area contributed by atoms with Gasteiger partial charge in [-0.1, -0.05) is 12.5 Å². The van der Waals surface area contributed by atoms with E-state index in [4.69, 9.17) is 24.7 Å². The summed E-state index contributed by atoms with van der Waals surface area (Å²) in [6.07, 6.45) is 5.31. The van der Waals surface area contributed by atoms with Crippen molar-refractivity contribution in [2.45, 2.75) is 76.1 Å². The Kier molecular flexibility index (Phi) is 6.95. The number of nitrogens with two attached hydrogens (primary N) is 1. The SMILES string of the molecule is COc1ccc2c3c1O[C@@H]1C[C@@](O)(CC=C1OC(=O)[C@H](C)OC(=O)CCN)[C@H](CCCC3)C2. The molecule has 8 nitrogen and oxygen atoms in total. The van der Waals surface area contributed by atoms with Gasteiger partial charge < -0.3 is 29.8 Å². The van der Waals surface area contributed by atoms with E-state index in [0.717, 1.165) is 37.7 Å². The number of hydrogen-bond donors (Lipinski definition) is 2. The molecule has 1 aliphatic heterocycles. The molecule has 0 saturated carbocycles. The molecule has 1 aromatic rings. The van der Waals surface area contributed by atoms with Crippen molar-refractivity contribution in [3.05, 3.63) is 35.1 Å². The Morgan fingerprint density at radius 2 is 2.15 bits per heavy atom. The van der Waals surface area contributed by atoms with E-state index in [0.29, 0.717) is 30.1 Å². The fraction of sp³-hybridized carbons (Fsp3) is 0.600. The first-order valence-electron chi connectivity index (χ1n) is 11.7. The number of esters is 2. The summed E-state index contributed by atoms with van der Waals surface area (Å²) < 4.78 is 22.8. The van der Waals surface area contributed by atoms with Crippen LogP contribution in [0.5, 0.6) is 11.5 Å². The van der Waals surface area contributed by atoms with E-state index in [2.05, 4.69) is 6.07 Å². The van der Waals surface area contributed by atoms with E-state index in [1.165, 1.54) is 12.5 Å². The molecule has 8 heteroatoms. The van der Waals surface area contributed by atoms with Gasteiger partial charge in [0.1, 0.15) is 5.76 Å². The number of fused-ring (bicyclic) bond motifs is 4. The van der Waals surface area contributed by atoms with Gasteiger partial charge in [-0.2, -0.15) is 0 Å². The molecule has 0 amide bonds. The predicted molar refractivity (Wildman–Crippen MR) is 120 cm³/mol. The fourth-order valence-electron chi connectivity index (χ4n) is 5.14. The molecular weight excluding hydrogens is 426 g/mol. The maximum absolute atomic E-state index is 12.7. The number of aliphatic hydroxyl groups is 1. The second-order valence-corrected chi connectivity index (χ2v) is 9.20. The second kappa shape index (κ2) is 9.73. The van der Waals surface area contributed by atoms with Gasteiger partial charge >= 0.3 is 11.9 Å². The van der Waals surface area contributed by atoms with Crippen molar-refractivity contribution < 1.29 is 33.6 Å². The van der Waals surface area contributed by atoms with Gasteiger partial charge in [0.15, 0.2) is 23.7 Å². The molecule has 3 aliphatic rings. The standard InChI is InChI=1S/C25H33NO7/c1-15(31-22(27)10-12-26)24(28)33-19-9-11-25(29)14-21(19)32-23-18-6-4-3-5-17(25)13-16(18)7-8-20(23)30-2/h7-9,15,17,21,29H,3-6,10-14,26H2,1-2H3/t15-,17+,21+,25-/m0/s1. The zero-order valence-corrected chi connectivity index (χ0v) is 19.3. The van der Waals surface area contributed by atoms with Crippen molar-refractivity contribution >= 4 is 11.9 Å². The lowest BCUT2D eigenvalue weighted by atomic mass is 9.71. The van der Waals surface area contributed by atoms with Gasteiger partial charge in [0.2, 0.25) is 0 Å². The Morgan fingerprint density at radius 3 is 2.91 bits per heavy atom. The first-order valence-corrected chi connectivity index (χ1v) is 11.7. The Bertz CT molecular complexity index is 943. The molecule has 0 unspecified atom stereocenters. The van der Waals surface area contributed by atoms with Crippen LogP contribution >= 0.6 is 0 Å². The Labute approximate surface area is 194 Å². The maximum Gasteiger partial charge on any atom is 0.352 e. The van der Waals surface area contributed by atoms with Crippen LogP contribution in [-0.4, -0.2) is 48.5 Å². The third-order valence-corrected chi connectivity index (χ3v) is 6.98. The van der Waals surface area contributed by atoms with Crippen molar-refractivity contribution in [2.24, 2.45) is 11.7 Å². The number of hydrogen-bond acceptors (Lipinski definition) is 8. The van der Waals surface area contributed by atoms with Crippen LogP contribution in [0.3, 0.4) is 0 Å². The molecule has 3 N–H and O–H groups in total. The van der Waals surface area contributed by atoms with Gasteiger partial charge in [0.05, 0.1) is 19.1 Å². The highest BCUT2D eigenvalue weighted by Crippen LogP contribution is 2.47. The molecule has 6 bridgehead atoms. The van der Waals surface area contributed by atoms with Crippen LogP contribution in [0.25, 0.3) is 0 Å². The van der Waals surface area contributed by atoms with E-state index in [1.54, 1.807) is 13.2 Å². The van der Waals surface area contributed by atoms with Gasteiger partial charge in [-0.05, 0) is 62.7 Å². The quantitative estimate of drug-likeness (QED) is 0.624. The molecule has 1 heterocycles. The Hall–Kier alpha value is -2.58. The molecule has 180 valence electrons. The van der Waals surface area contributed by atoms with Gasteiger partial charge in [-0.15, -0.1) is 0 Å². The third-order valence-electron chi connectivity index (χ3n) is 6.98. The van der Waals surface area contributed by atoms with Crippen LogP contribution in [0.15, 0.2) is 24.0 Å². The zero-order chi connectivity index (χ0) is 23.6. The lowest BCUT2D eigenvalue weighted by Gasteiger charge is -2.41. The van der Waals surface area contributed by atoms with E-state index in [-0.39, 0.29) is 18.9 Å². The molecule has 0 radical (unpaired) electrons. The smallest absolute Gasteiger partial charge is 0.352 e. The molecule has 2 aliphatic carbocycles. The minimum absolute atomic E-state index is 0.0272. The van der Waals surface area contributed by atoms with Crippen LogP contribution in [-0.2, 0) is 31.9 Å². The topological polar surface area (TPSA) is 117 Å². The largest absolute Gasteiger partial charge is 0.493 e. The van der Waals surface area contributed by atoms with Crippen molar-refractivity contribution in [1.29, 1.82) is 0 Å². The minimum Gasteiger partial charge on any atom is -0.493 e. The summed E-state index contributed by atoms with van der Waals surface area (Å²) >= 11 is 0. The molecule has 33 heavy (non-hydrogen) atoms. The predicted octanol–water partition coefficient (Wildman–Crippen LogP) is 2.57. The van der Waals surface area contributed by atoms with Crippen molar-refractivity contribution in [1.82, 2.24) is 0 Å². The second-order valence-electron chi connectivity index (χ2n) is 9.20. The maximum atomic E-state index is 12.7. The number of benzene rings is 1. The van der Waals surface area contributed by atoms with Gasteiger partial charge in [0.25, 0.3) is 0 Å². The molecule has 4 atom stereocenters. The van der Waals surface area contributed by atoms with E-state index in [9.17, 15) is 14.7 Å². The summed E-state index contributed by atoms with van der Waals surface area (Å²) in [5.74, 6) is 0.423. The first kappa shape index (κ1) is 23.6. The van der Waals surface area contributed by atoms with E-state index in [1.807, 2.05) is 6.07 Å². The van der Waals surface area contributed by atoms with Crippen LogP contribution in [0, 0.1) is 5.92 Å². The summed E-state index contributed by atoms with van der Waals surface area (Å²) in [5, 5.41) is 11.7. The van der Waals surface area contributed by atoms with Crippen molar-refractivity contribution in [2.75, 3.05) is 13.7 Å². The van der Waals surface area contributed by atoms with Crippen LogP contribution < -0.4 is 15.2 Å². The average Bonchev–Trinajstić information content (AvgIpc) is 2.77. The monoisotopic (exact) mass is 459 g/mol. The molecule has 0 spiro atoms. The fourth-order valence-corrected chi connectivity index (χ4v) is 5.14. The lowest BCUT2D eigenvalue weighted by Crippen LogP contribution is -2.46. The molecular formula is C25H33NO7. The summed E-state index contributed by atoms with van der Waals surface area (Å²) in [7, 11) is 1.60. The third kappa shape index (κ3) is 4.87. The van der Waals surface area contributed by atoms with E-state index >= 15 is 0 Å². The van der Waals surface area contributed by atoms with Crippen molar-refractivity contribution in [3.63, 3.8) is 0 Å². The molecule has 1 aromatic carbocycles. The minimum atomic E-state index is -1.08.